The summed E-state index contributed by atoms with van der Waals surface area (Å²) in [5.74, 6) is 0.0348. The molecule has 0 spiro atoms. The molecule has 0 atom stereocenters. The van der Waals surface area contributed by atoms with E-state index in [2.05, 4.69) is 0 Å². The van der Waals surface area contributed by atoms with E-state index in [1.807, 2.05) is 56.3 Å². The van der Waals surface area contributed by atoms with Crippen molar-refractivity contribution in [2.75, 3.05) is 0 Å². The van der Waals surface area contributed by atoms with Crippen LogP contribution in [0.15, 0.2) is 62.2 Å². The minimum atomic E-state index is -0.616. The Kier molecular flexibility index (Phi) is 3.46. The van der Waals surface area contributed by atoms with Crippen LogP contribution in [-0.4, -0.2) is 10.5 Å². The Bertz CT molecular complexity index is 1390. The van der Waals surface area contributed by atoms with Gasteiger partial charge in [-0.2, -0.15) is 0 Å². The molecule has 0 amide bonds. The number of hydrogen-bond donors (Lipinski definition) is 0. The largest absolute Gasteiger partial charge is 0.482 e. The maximum Gasteiger partial charge on any atom is 0.434 e. The molecule has 0 fully saturated rings. The normalized spacial score (nSPS) is 14.7. The van der Waals surface area contributed by atoms with Crippen LogP contribution in [0.3, 0.4) is 0 Å². The molecular formula is C22H15NO6. The van der Waals surface area contributed by atoms with Crippen LogP contribution in [-0.2, 0) is 0 Å². The van der Waals surface area contributed by atoms with Gasteiger partial charge < -0.3 is 13.6 Å². The van der Waals surface area contributed by atoms with Crippen LogP contribution in [0.2, 0.25) is 0 Å². The topological polar surface area (TPSA) is 95.7 Å². The maximum atomic E-state index is 12.4. The van der Waals surface area contributed by atoms with Gasteiger partial charge in [0.05, 0.1) is 22.4 Å². The Morgan fingerprint density at radius 2 is 1.79 bits per heavy atom. The first-order chi connectivity index (χ1) is 13.8. The number of furan rings is 1. The van der Waals surface area contributed by atoms with Crippen molar-refractivity contribution in [2.45, 2.75) is 19.4 Å². The molecule has 0 N–H and O–H groups in total. The van der Waals surface area contributed by atoms with Crippen molar-refractivity contribution in [3.8, 4) is 16.9 Å². The monoisotopic (exact) mass is 389 g/mol. The third kappa shape index (κ3) is 2.62. The first-order valence-corrected chi connectivity index (χ1v) is 8.99. The summed E-state index contributed by atoms with van der Waals surface area (Å²) in [6.07, 6.45) is 3.68. The van der Waals surface area contributed by atoms with E-state index in [9.17, 15) is 14.9 Å². The number of ether oxygens (including phenoxy) is 1. The van der Waals surface area contributed by atoms with Crippen molar-refractivity contribution in [1.82, 2.24) is 0 Å². The van der Waals surface area contributed by atoms with Crippen molar-refractivity contribution in [1.29, 1.82) is 0 Å². The van der Waals surface area contributed by atoms with Gasteiger partial charge in [0, 0.05) is 11.6 Å². The van der Waals surface area contributed by atoms with E-state index in [1.54, 1.807) is 0 Å². The van der Waals surface area contributed by atoms with Crippen LogP contribution in [0.1, 0.15) is 19.4 Å². The van der Waals surface area contributed by atoms with E-state index in [0.717, 1.165) is 5.56 Å². The number of nitrogens with zero attached hydrogens (tertiary/aromatic N) is 1. The second-order valence-corrected chi connectivity index (χ2v) is 7.42. The van der Waals surface area contributed by atoms with Gasteiger partial charge in [-0.05, 0) is 31.6 Å². The van der Waals surface area contributed by atoms with Crippen LogP contribution in [0.5, 0.6) is 5.75 Å². The smallest absolute Gasteiger partial charge is 0.434 e. The molecule has 1 aliphatic rings. The lowest BCUT2D eigenvalue weighted by atomic mass is 9.94. The van der Waals surface area contributed by atoms with E-state index >= 15 is 0 Å². The Morgan fingerprint density at radius 3 is 2.52 bits per heavy atom. The number of rotatable bonds is 2. The summed E-state index contributed by atoms with van der Waals surface area (Å²) < 4.78 is 17.3. The minimum absolute atomic E-state index is 0.202. The summed E-state index contributed by atoms with van der Waals surface area (Å²) in [5.41, 5.74) is 1.28. The Hall–Kier alpha value is -3.87. The molecule has 4 aromatic rings. The highest BCUT2D eigenvalue weighted by atomic mass is 16.6. The predicted molar refractivity (Wildman–Crippen MR) is 108 cm³/mol. The fraction of sp³-hybridized carbons (Fsp3) is 0.136. The molecule has 0 aliphatic carbocycles. The van der Waals surface area contributed by atoms with Gasteiger partial charge >= 0.3 is 11.5 Å². The zero-order valence-corrected chi connectivity index (χ0v) is 15.6. The number of hydrogen-bond acceptors (Lipinski definition) is 6. The quantitative estimate of drug-likeness (QED) is 0.262. The molecule has 5 rings (SSSR count). The fourth-order valence-corrected chi connectivity index (χ4v) is 3.67. The van der Waals surface area contributed by atoms with Crippen molar-refractivity contribution in [2.24, 2.45) is 0 Å². The summed E-state index contributed by atoms with van der Waals surface area (Å²) in [6, 6.07) is 12.1. The van der Waals surface area contributed by atoms with E-state index in [1.165, 1.54) is 12.1 Å². The molecule has 144 valence electrons. The highest BCUT2D eigenvalue weighted by molar-refractivity contribution is 6.15. The lowest BCUT2D eigenvalue weighted by Gasteiger charge is -2.29. The maximum absolute atomic E-state index is 12.4. The van der Waals surface area contributed by atoms with Crippen LogP contribution in [0.25, 0.3) is 39.1 Å². The molecule has 7 nitrogen and oxygen atoms in total. The van der Waals surface area contributed by atoms with Crippen LogP contribution < -0.4 is 10.4 Å². The highest BCUT2D eigenvalue weighted by Crippen LogP contribution is 2.47. The molecule has 1 aliphatic heterocycles. The molecule has 2 aromatic heterocycles. The number of nitro groups is 1. The van der Waals surface area contributed by atoms with Gasteiger partial charge in [0.25, 0.3) is 0 Å². The zero-order valence-electron chi connectivity index (χ0n) is 15.6. The predicted octanol–water partition coefficient (Wildman–Crippen LogP) is 5.30. The van der Waals surface area contributed by atoms with Crippen molar-refractivity contribution >= 4 is 33.9 Å². The molecule has 0 unspecified atom stereocenters. The minimum Gasteiger partial charge on any atom is -0.482 e. The molecule has 0 bridgehead atoms. The number of fused-ring (bicyclic) bond motifs is 6. The molecule has 29 heavy (non-hydrogen) atoms. The van der Waals surface area contributed by atoms with Gasteiger partial charge in [-0.25, -0.2) is 4.79 Å². The Labute approximate surface area is 164 Å². The van der Waals surface area contributed by atoms with E-state index in [4.69, 9.17) is 13.6 Å². The lowest BCUT2D eigenvalue weighted by Crippen LogP contribution is -2.27. The van der Waals surface area contributed by atoms with Crippen LogP contribution in [0.4, 0.5) is 5.88 Å². The standard InChI is InChI=1S/C22H15NO6/c1-22(2)9-8-13-19-15(10-16(27-19)23(25)26)20-18(21(13)29-22)14(11-17(24)28-20)12-6-4-3-5-7-12/h3-11H,1-2H3. The Balaban J connectivity index is 2.02. The molecule has 0 saturated carbocycles. The first kappa shape index (κ1) is 17.2. The zero-order chi connectivity index (χ0) is 20.3. The summed E-state index contributed by atoms with van der Waals surface area (Å²) in [6.45, 7) is 3.79. The second-order valence-electron chi connectivity index (χ2n) is 7.42. The average Bonchev–Trinajstić information content (AvgIpc) is 3.13. The Morgan fingerprint density at radius 1 is 1.03 bits per heavy atom. The third-order valence-electron chi connectivity index (χ3n) is 4.92. The van der Waals surface area contributed by atoms with Gasteiger partial charge in [0.15, 0.2) is 11.2 Å². The molecular weight excluding hydrogens is 374 g/mol. The summed E-state index contributed by atoms with van der Waals surface area (Å²) in [5, 5.41) is 12.2. The van der Waals surface area contributed by atoms with E-state index < -0.39 is 22.0 Å². The van der Waals surface area contributed by atoms with Gasteiger partial charge in [-0.3, -0.25) is 10.1 Å². The summed E-state index contributed by atoms with van der Waals surface area (Å²) >= 11 is 0. The number of benzene rings is 2. The van der Waals surface area contributed by atoms with Crippen molar-refractivity contribution in [3.05, 3.63) is 74.6 Å². The van der Waals surface area contributed by atoms with E-state index in [-0.39, 0.29) is 11.2 Å². The first-order valence-electron chi connectivity index (χ1n) is 8.99. The fourth-order valence-electron chi connectivity index (χ4n) is 3.67. The van der Waals surface area contributed by atoms with E-state index in [0.29, 0.717) is 27.6 Å². The molecule has 0 radical (unpaired) electrons. The van der Waals surface area contributed by atoms with Gasteiger partial charge in [0.2, 0.25) is 0 Å². The van der Waals surface area contributed by atoms with Crippen LogP contribution in [0, 0.1) is 10.1 Å². The second kappa shape index (κ2) is 5.81. The third-order valence-corrected chi connectivity index (χ3v) is 4.92. The molecule has 0 saturated heterocycles. The molecule has 7 heteroatoms. The average molecular weight is 389 g/mol. The van der Waals surface area contributed by atoms with Crippen molar-refractivity contribution in [3.63, 3.8) is 0 Å². The summed E-state index contributed by atoms with van der Waals surface area (Å²) in [4.78, 5) is 23.1. The highest BCUT2D eigenvalue weighted by Gasteiger charge is 2.31. The van der Waals surface area contributed by atoms with Gasteiger partial charge in [0.1, 0.15) is 16.3 Å². The van der Waals surface area contributed by atoms with Gasteiger partial charge in [-0.15, -0.1) is 0 Å². The van der Waals surface area contributed by atoms with Crippen molar-refractivity contribution < 1.29 is 18.5 Å². The van der Waals surface area contributed by atoms with Crippen LogP contribution >= 0.6 is 0 Å². The summed E-state index contributed by atoms with van der Waals surface area (Å²) in [7, 11) is 0. The van der Waals surface area contributed by atoms with Gasteiger partial charge in [-0.1, -0.05) is 30.3 Å². The SMILES string of the molecule is CC1(C)C=Cc2c(c3c(-c4ccccc4)cc(=O)oc3c3cc([N+](=O)[O-])oc23)O1. The molecule has 2 aromatic carbocycles. The lowest BCUT2D eigenvalue weighted by molar-refractivity contribution is -0.401. The molecule has 3 heterocycles.